The average Bonchev–Trinajstić information content (AvgIpc) is 2.82. The monoisotopic (exact) mass is 292 g/mol. The number of nitro benzene ring substituents is 1. The maximum Gasteiger partial charge on any atom is 0.270 e. The summed E-state index contributed by atoms with van der Waals surface area (Å²) in [6, 6.07) is 3.26. The first-order chi connectivity index (χ1) is 8.43. The first-order valence-corrected chi connectivity index (χ1v) is 6.84. The fraction of sp³-hybridized carbons (Fsp3) is 0.333. The highest BCUT2D eigenvalue weighted by Gasteiger charge is 2.31. The summed E-state index contributed by atoms with van der Waals surface area (Å²) in [5.74, 6) is 0. The van der Waals surface area contributed by atoms with Crippen LogP contribution in [0.15, 0.2) is 23.1 Å². The van der Waals surface area contributed by atoms with Crippen molar-refractivity contribution in [3.05, 3.63) is 33.3 Å². The van der Waals surface area contributed by atoms with Gasteiger partial charge in [-0.05, 0) is 12.5 Å². The van der Waals surface area contributed by atoms with Crippen LogP contribution >= 0.6 is 11.6 Å². The normalized spacial score (nSPS) is 16.9. The van der Waals surface area contributed by atoms with Gasteiger partial charge in [0.15, 0.2) is 0 Å². The van der Waals surface area contributed by atoms with Crippen LogP contribution in [-0.2, 0) is 14.9 Å². The van der Waals surface area contributed by atoms with E-state index in [0.29, 0.717) is 13.0 Å². The van der Waals surface area contributed by atoms with Crippen LogP contribution in [0.1, 0.15) is 6.42 Å². The van der Waals surface area contributed by atoms with Gasteiger partial charge < -0.3 is 0 Å². The standard InChI is InChI=1S/C9H9ClN2O5S/c10-8-3-2-7(12(13)14)6-9(8)18(15,16)11-4-1-5-17-11/h2-3,6H,1,4-5H2. The number of non-ortho nitro benzene ring substituents is 1. The predicted octanol–water partition coefficient (Wildman–Crippen LogP) is 1.57. The van der Waals surface area contributed by atoms with Crippen LogP contribution in [0, 0.1) is 10.1 Å². The first-order valence-electron chi connectivity index (χ1n) is 5.02. The number of hydrogen-bond donors (Lipinski definition) is 0. The molecular formula is C9H9ClN2O5S. The van der Waals surface area contributed by atoms with Gasteiger partial charge in [-0.1, -0.05) is 16.1 Å². The summed E-state index contributed by atoms with van der Waals surface area (Å²) in [6.45, 7) is 0.507. The van der Waals surface area contributed by atoms with E-state index in [2.05, 4.69) is 0 Å². The Morgan fingerprint density at radius 2 is 2.17 bits per heavy atom. The molecule has 0 N–H and O–H groups in total. The number of benzene rings is 1. The maximum absolute atomic E-state index is 12.1. The Hall–Kier alpha value is -1.22. The number of rotatable bonds is 3. The lowest BCUT2D eigenvalue weighted by Gasteiger charge is -2.14. The molecule has 98 valence electrons. The van der Waals surface area contributed by atoms with Crippen molar-refractivity contribution in [3.8, 4) is 0 Å². The summed E-state index contributed by atoms with van der Waals surface area (Å²) in [4.78, 5) is 14.6. The minimum Gasteiger partial charge on any atom is -0.284 e. The SMILES string of the molecule is O=[N+]([O-])c1ccc(Cl)c(S(=O)(=O)N2CCCO2)c1. The third kappa shape index (κ3) is 2.32. The van der Waals surface area contributed by atoms with Gasteiger partial charge in [-0.2, -0.15) is 0 Å². The van der Waals surface area contributed by atoms with Crippen molar-refractivity contribution in [2.45, 2.75) is 11.3 Å². The zero-order valence-electron chi connectivity index (χ0n) is 9.08. The van der Waals surface area contributed by atoms with Crippen LogP contribution in [0.5, 0.6) is 0 Å². The number of sulfonamides is 1. The average molecular weight is 293 g/mol. The number of nitro groups is 1. The summed E-state index contributed by atoms with van der Waals surface area (Å²) >= 11 is 5.78. The Morgan fingerprint density at radius 3 is 2.72 bits per heavy atom. The summed E-state index contributed by atoms with van der Waals surface area (Å²) in [6.07, 6.45) is 0.575. The summed E-state index contributed by atoms with van der Waals surface area (Å²) in [5.41, 5.74) is -0.336. The Kier molecular flexibility index (Phi) is 3.53. The molecular weight excluding hydrogens is 284 g/mol. The molecule has 0 bridgehead atoms. The molecule has 1 fully saturated rings. The van der Waals surface area contributed by atoms with Crippen LogP contribution < -0.4 is 0 Å². The number of halogens is 1. The molecule has 0 saturated carbocycles. The first kappa shape index (κ1) is 13.2. The van der Waals surface area contributed by atoms with Crippen LogP contribution in [0.2, 0.25) is 5.02 Å². The van der Waals surface area contributed by atoms with Gasteiger partial charge in [-0.25, -0.2) is 8.42 Å². The summed E-state index contributed by atoms with van der Waals surface area (Å²) in [7, 11) is -3.95. The van der Waals surface area contributed by atoms with Gasteiger partial charge in [0.05, 0.1) is 16.6 Å². The molecule has 1 heterocycles. The lowest BCUT2D eigenvalue weighted by molar-refractivity contribution is -0.385. The van der Waals surface area contributed by atoms with Gasteiger partial charge in [0.1, 0.15) is 4.90 Å². The fourth-order valence-corrected chi connectivity index (χ4v) is 3.32. The quantitative estimate of drug-likeness (QED) is 0.623. The highest BCUT2D eigenvalue weighted by molar-refractivity contribution is 7.89. The molecule has 0 amide bonds. The Bertz CT molecular complexity index is 583. The van der Waals surface area contributed by atoms with Crippen molar-refractivity contribution in [3.63, 3.8) is 0 Å². The minimum atomic E-state index is -3.95. The molecule has 0 radical (unpaired) electrons. The second kappa shape index (κ2) is 4.81. The minimum absolute atomic E-state index is 0.0731. The van der Waals surface area contributed by atoms with Crippen LogP contribution in [0.4, 0.5) is 5.69 Å². The molecule has 9 heteroatoms. The second-order valence-corrected chi connectivity index (χ2v) is 5.79. The molecule has 1 aliphatic heterocycles. The van der Waals surface area contributed by atoms with E-state index in [1.807, 2.05) is 0 Å². The van der Waals surface area contributed by atoms with Crippen LogP contribution in [0.3, 0.4) is 0 Å². The molecule has 1 saturated heterocycles. The van der Waals surface area contributed by atoms with Crippen LogP contribution in [-0.4, -0.2) is 31.0 Å². The highest BCUT2D eigenvalue weighted by atomic mass is 35.5. The molecule has 1 aromatic carbocycles. The lowest BCUT2D eigenvalue weighted by Crippen LogP contribution is -2.27. The third-order valence-corrected chi connectivity index (χ3v) is 4.55. The second-order valence-electron chi connectivity index (χ2n) is 3.59. The van der Waals surface area contributed by atoms with E-state index >= 15 is 0 Å². The van der Waals surface area contributed by atoms with Crippen molar-refractivity contribution in [2.24, 2.45) is 0 Å². The molecule has 18 heavy (non-hydrogen) atoms. The van der Waals surface area contributed by atoms with Gasteiger partial charge in [-0.3, -0.25) is 15.0 Å². The topological polar surface area (TPSA) is 89.8 Å². The van der Waals surface area contributed by atoms with Gasteiger partial charge in [-0.15, -0.1) is 0 Å². The maximum atomic E-state index is 12.1. The molecule has 2 rings (SSSR count). The van der Waals surface area contributed by atoms with Crippen molar-refractivity contribution in [2.75, 3.05) is 13.2 Å². The third-order valence-electron chi connectivity index (χ3n) is 2.39. The largest absolute Gasteiger partial charge is 0.284 e. The Balaban J connectivity index is 2.49. The predicted molar refractivity (Wildman–Crippen MR) is 62.6 cm³/mol. The molecule has 0 atom stereocenters. The van der Waals surface area contributed by atoms with Crippen LogP contribution in [0.25, 0.3) is 0 Å². The van der Waals surface area contributed by atoms with Crippen molar-refractivity contribution >= 4 is 27.3 Å². The van der Waals surface area contributed by atoms with Crippen molar-refractivity contribution in [1.82, 2.24) is 4.47 Å². The number of nitrogens with zero attached hydrogens (tertiary/aromatic N) is 2. The van der Waals surface area contributed by atoms with Crippen molar-refractivity contribution in [1.29, 1.82) is 0 Å². The molecule has 0 aromatic heterocycles. The fourth-order valence-electron chi connectivity index (χ4n) is 1.53. The molecule has 0 spiro atoms. The number of hydroxylamine groups is 1. The zero-order valence-corrected chi connectivity index (χ0v) is 10.6. The zero-order chi connectivity index (χ0) is 13.3. The Morgan fingerprint density at radius 1 is 1.44 bits per heavy atom. The number of hydrogen-bond acceptors (Lipinski definition) is 5. The van der Waals surface area contributed by atoms with E-state index in [-0.39, 0.29) is 22.2 Å². The van der Waals surface area contributed by atoms with Gasteiger partial charge >= 0.3 is 0 Å². The molecule has 1 aliphatic rings. The van der Waals surface area contributed by atoms with Gasteiger partial charge in [0, 0.05) is 18.7 Å². The highest BCUT2D eigenvalue weighted by Crippen LogP contribution is 2.29. The van der Waals surface area contributed by atoms with Gasteiger partial charge in [0.2, 0.25) is 0 Å². The molecule has 1 aromatic rings. The molecule has 0 unspecified atom stereocenters. The molecule has 0 aliphatic carbocycles. The van der Waals surface area contributed by atoms with E-state index in [4.69, 9.17) is 16.4 Å². The van der Waals surface area contributed by atoms with E-state index in [1.165, 1.54) is 6.07 Å². The Labute approximate surface area is 108 Å². The van der Waals surface area contributed by atoms with E-state index in [1.54, 1.807) is 0 Å². The van der Waals surface area contributed by atoms with E-state index in [0.717, 1.165) is 16.6 Å². The lowest BCUT2D eigenvalue weighted by atomic mass is 10.3. The molecule has 7 nitrogen and oxygen atoms in total. The summed E-state index contributed by atoms with van der Waals surface area (Å²) < 4.78 is 25.1. The smallest absolute Gasteiger partial charge is 0.270 e. The van der Waals surface area contributed by atoms with Gasteiger partial charge in [0.25, 0.3) is 15.7 Å². The van der Waals surface area contributed by atoms with Crippen molar-refractivity contribution < 1.29 is 18.2 Å². The van der Waals surface area contributed by atoms with E-state index < -0.39 is 14.9 Å². The summed E-state index contributed by atoms with van der Waals surface area (Å²) in [5, 5.41) is 10.6. The van der Waals surface area contributed by atoms with E-state index in [9.17, 15) is 18.5 Å².